The van der Waals surface area contributed by atoms with Crippen molar-refractivity contribution in [2.24, 2.45) is 5.92 Å². The number of nitrogens with zero attached hydrogens (tertiary/aromatic N) is 2. The van der Waals surface area contributed by atoms with Gasteiger partial charge < -0.3 is 23.8 Å². The van der Waals surface area contributed by atoms with Crippen LogP contribution in [0.4, 0.5) is 0 Å². The molecule has 3 aliphatic heterocycles. The first-order valence-electron chi connectivity index (χ1n) is 9.09. The predicted octanol–water partition coefficient (Wildman–Crippen LogP) is 2.12. The van der Waals surface area contributed by atoms with Crippen LogP contribution in [0, 0.1) is 5.92 Å². The van der Waals surface area contributed by atoms with Crippen LogP contribution in [0.3, 0.4) is 0 Å². The Balaban J connectivity index is 1.22. The summed E-state index contributed by atoms with van der Waals surface area (Å²) in [6.07, 6.45) is 4.36. The van der Waals surface area contributed by atoms with Crippen molar-refractivity contribution in [3.05, 3.63) is 48.3 Å². The molecule has 2 fully saturated rings. The van der Waals surface area contributed by atoms with Crippen LogP contribution < -0.4 is 14.2 Å². The molecule has 5 rings (SSSR count). The first-order valence-corrected chi connectivity index (χ1v) is 9.09. The van der Waals surface area contributed by atoms with Gasteiger partial charge in [0.2, 0.25) is 6.79 Å². The normalized spacial score (nSPS) is 21.9. The van der Waals surface area contributed by atoms with E-state index in [1.807, 2.05) is 17.0 Å². The van der Waals surface area contributed by atoms with Crippen LogP contribution in [-0.4, -0.2) is 54.5 Å². The molecule has 1 aromatic heterocycles. The lowest BCUT2D eigenvalue weighted by Crippen LogP contribution is -2.66. The van der Waals surface area contributed by atoms with Gasteiger partial charge in [-0.1, -0.05) is 0 Å². The van der Waals surface area contributed by atoms with Gasteiger partial charge in [0, 0.05) is 24.3 Å². The summed E-state index contributed by atoms with van der Waals surface area (Å²) in [4.78, 5) is 18.7. The van der Waals surface area contributed by atoms with Crippen LogP contribution in [0.1, 0.15) is 16.8 Å². The first-order chi connectivity index (χ1) is 13.2. The molecule has 0 aliphatic carbocycles. The van der Waals surface area contributed by atoms with Crippen molar-refractivity contribution in [2.75, 3.05) is 33.1 Å². The predicted molar refractivity (Wildman–Crippen MR) is 95.0 cm³/mol. The van der Waals surface area contributed by atoms with Gasteiger partial charge in [0.1, 0.15) is 11.4 Å². The minimum absolute atomic E-state index is 0.0126. The maximum atomic E-state index is 12.8. The molecule has 0 radical (unpaired) electrons. The summed E-state index contributed by atoms with van der Waals surface area (Å²) in [5, 5.41) is 0. The van der Waals surface area contributed by atoms with Crippen molar-refractivity contribution in [1.82, 2.24) is 9.88 Å². The number of ether oxygens (including phenoxy) is 4. The van der Waals surface area contributed by atoms with Crippen LogP contribution in [0.15, 0.2) is 42.7 Å². The zero-order chi connectivity index (χ0) is 18.3. The molecule has 7 nitrogen and oxygen atoms in total. The monoisotopic (exact) mass is 368 g/mol. The van der Waals surface area contributed by atoms with Crippen LogP contribution in [0.25, 0.3) is 0 Å². The highest BCUT2D eigenvalue weighted by Crippen LogP contribution is 2.41. The number of rotatable bonds is 4. The number of pyridine rings is 1. The summed E-state index contributed by atoms with van der Waals surface area (Å²) in [6.45, 7) is 2.64. The average Bonchev–Trinajstić information content (AvgIpc) is 3.31. The van der Waals surface area contributed by atoms with E-state index in [4.69, 9.17) is 18.9 Å². The van der Waals surface area contributed by atoms with Gasteiger partial charge in [0.05, 0.1) is 25.9 Å². The van der Waals surface area contributed by atoms with Crippen molar-refractivity contribution in [3.8, 4) is 17.2 Å². The van der Waals surface area contributed by atoms with Gasteiger partial charge in [-0.2, -0.15) is 0 Å². The molecule has 2 aromatic rings. The third kappa shape index (κ3) is 2.88. The summed E-state index contributed by atoms with van der Waals surface area (Å²) >= 11 is 0. The van der Waals surface area contributed by atoms with Crippen LogP contribution in [0.5, 0.6) is 17.2 Å². The Labute approximate surface area is 156 Å². The Kier molecular flexibility index (Phi) is 3.89. The average molecular weight is 368 g/mol. The Morgan fingerprint density at radius 3 is 3.00 bits per heavy atom. The number of fused-ring (bicyclic) bond motifs is 1. The fraction of sp³-hybridized carbons (Fsp3) is 0.400. The van der Waals surface area contributed by atoms with E-state index in [9.17, 15) is 4.79 Å². The number of benzene rings is 1. The molecule has 27 heavy (non-hydrogen) atoms. The number of hydrogen-bond donors (Lipinski definition) is 0. The van der Waals surface area contributed by atoms with Gasteiger partial charge in [0.25, 0.3) is 5.91 Å². The van der Waals surface area contributed by atoms with Crippen LogP contribution in [0.2, 0.25) is 0 Å². The molecule has 2 saturated heterocycles. The van der Waals surface area contributed by atoms with E-state index in [-0.39, 0.29) is 24.2 Å². The molecular formula is C20H20N2O5. The number of hydrogen-bond acceptors (Lipinski definition) is 6. The largest absolute Gasteiger partial charge is 0.492 e. The molecule has 1 spiro atoms. The van der Waals surface area contributed by atoms with Gasteiger partial charge in [-0.3, -0.25) is 9.78 Å². The van der Waals surface area contributed by atoms with Gasteiger partial charge in [0.15, 0.2) is 11.5 Å². The number of carbonyl (C=O) groups excluding carboxylic acids is 1. The van der Waals surface area contributed by atoms with E-state index in [0.717, 1.165) is 12.2 Å². The fourth-order valence-electron chi connectivity index (χ4n) is 3.95. The van der Waals surface area contributed by atoms with Gasteiger partial charge in [-0.05, 0) is 36.8 Å². The zero-order valence-electron chi connectivity index (χ0n) is 14.8. The molecule has 0 saturated carbocycles. The van der Waals surface area contributed by atoms with E-state index in [0.29, 0.717) is 43.4 Å². The second-order valence-electron chi connectivity index (χ2n) is 7.13. The van der Waals surface area contributed by atoms with E-state index in [1.165, 1.54) is 0 Å². The number of likely N-dealkylation sites (tertiary alicyclic amines) is 1. The maximum absolute atomic E-state index is 12.8. The fourth-order valence-corrected chi connectivity index (χ4v) is 3.95. The highest BCUT2D eigenvalue weighted by molar-refractivity contribution is 5.95. The van der Waals surface area contributed by atoms with Crippen molar-refractivity contribution >= 4 is 5.91 Å². The van der Waals surface area contributed by atoms with E-state index in [2.05, 4.69) is 4.98 Å². The molecule has 1 amide bonds. The van der Waals surface area contributed by atoms with Crippen molar-refractivity contribution in [1.29, 1.82) is 0 Å². The minimum Gasteiger partial charge on any atom is -0.492 e. The van der Waals surface area contributed by atoms with Crippen molar-refractivity contribution in [2.45, 2.75) is 12.0 Å². The second kappa shape index (κ2) is 6.42. The standard InChI is InChI=1S/C20H20N2O5/c23-19(14-3-4-17-18(8-14)26-13-25-17)22-11-20(12-22)15(5-7-27-20)10-24-16-2-1-6-21-9-16/h1-4,6,8-9,15H,5,7,10-13H2/t15-/m1/s1. The van der Waals surface area contributed by atoms with Gasteiger partial charge in [-0.15, -0.1) is 0 Å². The molecule has 3 aliphatic rings. The van der Waals surface area contributed by atoms with E-state index in [1.54, 1.807) is 30.6 Å². The third-order valence-corrected chi connectivity index (χ3v) is 5.51. The van der Waals surface area contributed by atoms with Crippen molar-refractivity contribution in [3.63, 3.8) is 0 Å². The summed E-state index contributed by atoms with van der Waals surface area (Å²) in [5.74, 6) is 2.31. The Morgan fingerprint density at radius 1 is 1.26 bits per heavy atom. The lowest BCUT2D eigenvalue weighted by atomic mass is 9.81. The topological polar surface area (TPSA) is 70.1 Å². The van der Waals surface area contributed by atoms with E-state index >= 15 is 0 Å². The second-order valence-corrected chi connectivity index (χ2v) is 7.13. The minimum atomic E-state index is -0.297. The summed E-state index contributed by atoms with van der Waals surface area (Å²) in [7, 11) is 0. The molecular weight excluding hydrogens is 348 g/mol. The molecule has 1 atom stereocenters. The van der Waals surface area contributed by atoms with Crippen LogP contribution >= 0.6 is 0 Å². The number of aromatic nitrogens is 1. The smallest absolute Gasteiger partial charge is 0.254 e. The molecule has 0 unspecified atom stereocenters. The summed E-state index contributed by atoms with van der Waals surface area (Å²) in [6, 6.07) is 9.05. The highest BCUT2D eigenvalue weighted by Gasteiger charge is 2.54. The van der Waals surface area contributed by atoms with Gasteiger partial charge >= 0.3 is 0 Å². The highest BCUT2D eigenvalue weighted by atomic mass is 16.7. The molecule has 0 N–H and O–H groups in total. The molecule has 7 heteroatoms. The quantitative estimate of drug-likeness (QED) is 0.823. The summed E-state index contributed by atoms with van der Waals surface area (Å²) in [5.41, 5.74) is 0.309. The first kappa shape index (κ1) is 16.4. The summed E-state index contributed by atoms with van der Waals surface area (Å²) < 4.78 is 22.6. The molecule has 1 aromatic carbocycles. The Morgan fingerprint density at radius 2 is 2.15 bits per heavy atom. The number of amides is 1. The Bertz CT molecular complexity index is 851. The third-order valence-electron chi connectivity index (χ3n) is 5.51. The zero-order valence-corrected chi connectivity index (χ0v) is 14.8. The lowest BCUT2D eigenvalue weighted by Gasteiger charge is -2.50. The van der Waals surface area contributed by atoms with Gasteiger partial charge in [-0.25, -0.2) is 0 Å². The lowest BCUT2D eigenvalue weighted by molar-refractivity contribution is -0.122. The molecule has 4 heterocycles. The van der Waals surface area contributed by atoms with Crippen molar-refractivity contribution < 1.29 is 23.7 Å². The van der Waals surface area contributed by atoms with E-state index < -0.39 is 0 Å². The SMILES string of the molecule is O=C(c1ccc2c(c1)OCO2)N1CC2(C1)OCC[C@@H]2COc1cccnc1. The Hall–Kier alpha value is -2.80. The molecule has 0 bridgehead atoms. The molecule has 140 valence electrons. The maximum Gasteiger partial charge on any atom is 0.254 e. The van der Waals surface area contributed by atoms with Crippen LogP contribution in [-0.2, 0) is 4.74 Å². The number of carbonyl (C=O) groups is 1.